The van der Waals surface area contributed by atoms with E-state index in [1.165, 1.54) is 0 Å². The van der Waals surface area contributed by atoms with Crippen molar-refractivity contribution in [2.45, 2.75) is 18.9 Å². The summed E-state index contributed by atoms with van der Waals surface area (Å²) in [6.07, 6.45) is 2.90. The van der Waals surface area contributed by atoms with Gasteiger partial charge in [0, 0.05) is 6.54 Å². The zero-order chi connectivity index (χ0) is 5.98. The quantitative estimate of drug-likeness (QED) is 0.370. The van der Waals surface area contributed by atoms with Crippen LogP contribution >= 0.6 is 0 Å². The molecule has 1 aliphatic heterocycles. The van der Waals surface area contributed by atoms with Crippen LogP contribution in [0.3, 0.4) is 0 Å². The average molecular weight is 114 g/mol. The minimum absolute atomic E-state index is 0.00463. The van der Waals surface area contributed by atoms with E-state index in [9.17, 15) is 4.79 Å². The van der Waals surface area contributed by atoms with Gasteiger partial charge in [0.15, 0.2) is 0 Å². The van der Waals surface area contributed by atoms with Crippen LogP contribution in [-0.2, 0) is 4.79 Å². The Labute approximate surface area is 48.4 Å². The lowest BCUT2D eigenvalue weighted by atomic mass is 10.2. The van der Waals surface area contributed by atoms with Gasteiger partial charge in [0.1, 0.15) is 6.29 Å². The molecule has 0 aliphatic carbocycles. The van der Waals surface area contributed by atoms with Crippen molar-refractivity contribution >= 4 is 6.29 Å². The highest BCUT2D eigenvalue weighted by atomic mass is 16.1. The Balaban J connectivity index is 2.41. The first-order valence-corrected chi connectivity index (χ1v) is 2.81. The highest BCUT2D eigenvalue weighted by Gasteiger charge is 2.19. The van der Waals surface area contributed by atoms with Gasteiger partial charge in [0.2, 0.25) is 0 Å². The Kier molecular flexibility index (Phi) is 1.60. The van der Waals surface area contributed by atoms with E-state index < -0.39 is 0 Å². The van der Waals surface area contributed by atoms with Crippen LogP contribution in [0.25, 0.3) is 0 Å². The molecule has 0 aromatic heterocycles. The summed E-state index contributed by atoms with van der Waals surface area (Å²) in [6, 6.07) is -0.00463. The van der Waals surface area contributed by atoms with Gasteiger partial charge in [0.05, 0.1) is 6.04 Å². The Morgan fingerprint density at radius 1 is 1.75 bits per heavy atom. The largest absolute Gasteiger partial charge is 0.302 e. The zero-order valence-corrected chi connectivity index (χ0v) is 4.71. The van der Waals surface area contributed by atoms with Crippen LogP contribution in [0.5, 0.6) is 0 Å². The molecule has 0 aromatic rings. The number of hydrogen-bond acceptors (Lipinski definition) is 3. The summed E-state index contributed by atoms with van der Waals surface area (Å²) in [4.78, 5) is 10.1. The topological polar surface area (TPSA) is 46.3 Å². The van der Waals surface area contributed by atoms with Gasteiger partial charge in [-0.1, -0.05) is 0 Å². The maximum atomic E-state index is 10.1. The van der Waals surface area contributed by atoms with Gasteiger partial charge in [-0.05, 0) is 12.8 Å². The number of hydrogen-bond donors (Lipinski definition) is 1. The number of aldehydes is 1. The fourth-order valence-corrected chi connectivity index (χ4v) is 0.961. The van der Waals surface area contributed by atoms with Gasteiger partial charge < -0.3 is 4.79 Å². The van der Waals surface area contributed by atoms with Crippen LogP contribution in [-0.4, -0.2) is 23.9 Å². The maximum absolute atomic E-state index is 10.1. The van der Waals surface area contributed by atoms with Gasteiger partial charge in [0.25, 0.3) is 0 Å². The second kappa shape index (κ2) is 2.24. The average Bonchev–Trinajstić information content (AvgIpc) is 2.14. The van der Waals surface area contributed by atoms with E-state index in [2.05, 4.69) is 0 Å². The first kappa shape index (κ1) is 5.72. The van der Waals surface area contributed by atoms with Crippen LogP contribution in [0.4, 0.5) is 0 Å². The predicted molar refractivity (Wildman–Crippen MR) is 30.0 cm³/mol. The lowest BCUT2D eigenvalue weighted by Gasteiger charge is -2.10. The lowest BCUT2D eigenvalue weighted by Crippen LogP contribution is -2.36. The molecule has 1 saturated heterocycles. The third kappa shape index (κ3) is 0.877. The first-order chi connectivity index (χ1) is 3.84. The summed E-state index contributed by atoms with van der Waals surface area (Å²) in [6.45, 7) is 0.864. The number of rotatable bonds is 1. The maximum Gasteiger partial charge on any atom is 0.138 e. The van der Waals surface area contributed by atoms with E-state index in [1.54, 1.807) is 5.01 Å². The molecule has 1 fully saturated rings. The number of carbonyl (C=O) groups is 1. The summed E-state index contributed by atoms with van der Waals surface area (Å²) in [7, 11) is 0. The van der Waals surface area contributed by atoms with E-state index in [-0.39, 0.29) is 6.04 Å². The number of nitrogens with zero attached hydrogens (tertiary/aromatic N) is 1. The SMILES string of the molecule is NN1CCC[C@@H]1C=O. The second-order valence-corrected chi connectivity index (χ2v) is 2.08. The summed E-state index contributed by atoms with van der Waals surface area (Å²) in [5.41, 5.74) is 0. The highest BCUT2D eigenvalue weighted by molar-refractivity contribution is 5.57. The third-order valence-corrected chi connectivity index (χ3v) is 1.50. The number of nitrogens with two attached hydrogens (primary N) is 1. The van der Waals surface area contributed by atoms with Gasteiger partial charge >= 0.3 is 0 Å². The van der Waals surface area contributed by atoms with Crippen LogP contribution in [0.2, 0.25) is 0 Å². The Bertz CT molecular complexity index is 94.4. The number of carbonyl (C=O) groups excluding carboxylic acids is 1. The predicted octanol–water partition coefficient (Wildman–Crippen LogP) is -0.477. The Morgan fingerprint density at radius 2 is 2.50 bits per heavy atom. The van der Waals surface area contributed by atoms with Crippen molar-refractivity contribution in [3.05, 3.63) is 0 Å². The van der Waals surface area contributed by atoms with E-state index in [0.29, 0.717) is 0 Å². The van der Waals surface area contributed by atoms with Crippen molar-refractivity contribution in [1.82, 2.24) is 5.01 Å². The van der Waals surface area contributed by atoms with Crippen LogP contribution in [0, 0.1) is 0 Å². The zero-order valence-electron chi connectivity index (χ0n) is 4.71. The molecular formula is C5H10N2O. The second-order valence-electron chi connectivity index (χ2n) is 2.08. The van der Waals surface area contributed by atoms with Crippen molar-refractivity contribution in [1.29, 1.82) is 0 Å². The molecule has 0 spiro atoms. The molecule has 1 heterocycles. The summed E-state index contributed by atoms with van der Waals surface area (Å²) in [5.74, 6) is 5.39. The normalized spacial score (nSPS) is 30.9. The summed E-state index contributed by atoms with van der Waals surface area (Å²) < 4.78 is 0. The van der Waals surface area contributed by atoms with Crippen molar-refractivity contribution in [3.63, 3.8) is 0 Å². The molecule has 3 heteroatoms. The molecule has 0 aromatic carbocycles. The molecule has 1 aliphatic rings. The summed E-state index contributed by atoms with van der Waals surface area (Å²) in [5, 5.41) is 1.59. The smallest absolute Gasteiger partial charge is 0.138 e. The minimum atomic E-state index is -0.00463. The van der Waals surface area contributed by atoms with Crippen LogP contribution in [0.15, 0.2) is 0 Å². The van der Waals surface area contributed by atoms with Crippen molar-refractivity contribution < 1.29 is 4.79 Å². The van der Waals surface area contributed by atoms with Crippen molar-refractivity contribution in [2.24, 2.45) is 5.84 Å². The molecule has 3 nitrogen and oxygen atoms in total. The minimum Gasteiger partial charge on any atom is -0.302 e. The van der Waals surface area contributed by atoms with Crippen molar-refractivity contribution in [3.8, 4) is 0 Å². The third-order valence-electron chi connectivity index (χ3n) is 1.50. The number of hydrazine groups is 1. The molecule has 46 valence electrons. The van der Waals surface area contributed by atoms with Gasteiger partial charge in [-0.15, -0.1) is 0 Å². The molecular weight excluding hydrogens is 104 g/mol. The molecule has 8 heavy (non-hydrogen) atoms. The fourth-order valence-electron chi connectivity index (χ4n) is 0.961. The molecule has 0 bridgehead atoms. The molecule has 0 unspecified atom stereocenters. The van der Waals surface area contributed by atoms with Gasteiger partial charge in [-0.3, -0.25) is 5.84 Å². The van der Waals surface area contributed by atoms with E-state index in [4.69, 9.17) is 5.84 Å². The highest BCUT2D eigenvalue weighted by Crippen LogP contribution is 2.09. The molecule has 1 atom stereocenters. The van der Waals surface area contributed by atoms with E-state index >= 15 is 0 Å². The molecule has 1 rings (SSSR count). The van der Waals surface area contributed by atoms with E-state index in [0.717, 1.165) is 25.7 Å². The van der Waals surface area contributed by atoms with Crippen molar-refractivity contribution in [2.75, 3.05) is 6.54 Å². The van der Waals surface area contributed by atoms with Gasteiger partial charge in [-0.2, -0.15) is 0 Å². The lowest BCUT2D eigenvalue weighted by molar-refractivity contribution is -0.111. The molecule has 0 saturated carbocycles. The van der Waals surface area contributed by atoms with E-state index in [1.807, 2.05) is 0 Å². The Hall–Kier alpha value is -0.410. The standard InChI is InChI=1S/C5H10N2O/c6-7-3-1-2-5(7)4-8/h4-5H,1-3,6H2/t5-/m1/s1. The molecule has 2 N–H and O–H groups in total. The summed E-state index contributed by atoms with van der Waals surface area (Å²) >= 11 is 0. The molecule has 0 radical (unpaired) electrons. The monoisotopic (exact) mass is 114 g/mol. The van der Waals surface area contributed by atoms with Crippen LogP contribution in [0.1, 0.15) is 12.8 Å². The fraction of sp³-hybridized carbons (Fsp3) is 0.800. The van der Waals surface area contributed by atoms with Gasteiger partial charge in [-0.25, -0.2) is 5.01 Å². The van der Waals surface area contributed by atoms with Crippen LogP contribution < -0.4 is 5.84 Å². The first-order valence-electron chi connectivity index (χ1n) is 2.81. The molecule has 0 amide bonds. The Morgan fingerprint density at radius 3 is 2.75 bits per heavy atom.